The number of nitrogens with two attached hydrogens (primary N) is 1. The van der Waals surface area contributed by atoms with Gasteiger partial charge in [-0.1, -0.05) is 44.2 Å². The first-order chi connectivity index (χ1) is 17.5. The summed E-state index contributed by atoms with van der Waals surface area (Å²) < 4.78 is 5.37. The van der Waals surface area contributed by atoms with Crippen molar-refractivity contribution in [2.24, 2.45) is 5.73 Å². The highest BCUT2D eigenvalue weighted by Crippen LogP contribution is 2.34. The van der Waals surface area contributed by atoms with Crippen molar-refractivity contribution in [3.05, 3.63) is 42.0 Å². The molecule has 0 aliphatic heterocycles. The summed E-state index contributed by atoms with van der Waals surface area (Å²) in [6, 6.07) is 5.18. The predicted octanol–water partition coefficient (Wildman–Crippen LogP) is 3.83. The fourth-order valence-corrected chi connectivity index (χ4v) is 4.14. The average Bonchev–Trinajstić information content (AvgIpc) is 2.78. The van der Waals surface area contributed by atoms with Crippen LogP contribution in [0.4, 0.5) is 4.79 Å². The van der Waals surface area contributed by atoms with E-state index in [1.54, 1.807) is 31.7 Å². The van der Waals surface area contributed by atoms with Crippen LogP contribution in [0.5, 0.6) is 0 Å². The van der Waals surface area contributed by atoms with E-state index in [4.69, 9.17) is 10.5 Å². The normalized spacial score (nSPS) is 15.0. The molecule has 4 amide bonds. The van der Waals surface area contributed by atoms with Crippen LogP contribution in [0, 0.1) is 0 Å². The third-order valence-corrected chi connectivity index (χ3v) is 6.21. The summed E-state index contributed by atoms with van der Waals surface area (Å²) in [7, 11) is 0. The molecule has 37 heavy (non-hydrogen) atoms. The maximum absolute atomic E-state index is 14.1. The second kappa shape index (κ2) is 13.8. The van der Waals surface area contributed by atoms with Crippen LogP contribution in [-0.2, 0) is 19.1 Å². The van der Waals surface area contributed by atoms with Gasteiger partial charge in [0.25, 0.3) is 0 Å². The number of alkyl carbamates (subject to hydrolysis) is 1. The minimum Gasteiger partial charge on any atom is -0.444 e. The Morgan fingerprint density at radius 2 is 1.95 bits per heavy atom. The number of ether oxygens (including phenoxy) is 1. The Kier molecular flexibility index (Phi) is 11.1. The second-order valence-electron chi connectivity index (χ2n) is 10.5. The number of nitrogens with zero attached hydrogens (tertiary/aromatic N) is 1. The Bertz CT molecular complexity index is 968. The van der Waals surface area contributed by atoms with Crippen molar-refractivity contribution in [2.75, 3.05) is 6.54 Å². The highest BCUT2D eigenvalue weighted by atomic mass is 16.6. The lowest BCUT2D eigenvalue weighted by Gasteiger charge is -2.43. The van der Waals surface area contributed by atoms with Crippen molar-refractivity contribution in [1.82, 2.24) is 15.5 Å². The number of primary amides is 1. The van der Waals surface area contributed by atoms with Crippen LogP contribution < -0.4 is 16.4 Å². The number of amides is 4. The largest absolute Gasteiger partial charge is 0.444 e. The maximum Gasteiger partial charge on any atom is 0.408 e. The maximum atomic E-state index is 14.1. The molecule has 0 bridgehead atoms. The summed E-state index contributed by atoms with van der Waals surface area (Å²) in [5.41, 5.74) is 6.06. The quantitative estimate of drug-likeness (QED) is 0.344. The van der Waals surface area contributed by atoms with E-state index in [0.29, 0.717) is 12.1 Å². The van der Waals surface area contributed by atoms with Crippen molar-refractivity contribution in [2.45, 2.75) is 96.4 Å². The fraction of sp³-hybridized carbons (Fsp3) is 0.571. The molecule has 4 N–H and O–H groups in total. The molecule has 1 fully saturated rings. The number of hydrogen-bond donors (Lipinski definition) is 3. The lowest BCUT2D eigenvalue weighted by molar-refractivity contribution is -0.147. The Labute approximate surface area is 220 Å². The lowest BCUT2D eigenvalue weighted by atomic mass is 9.87. The smallest absolute Gasteiger partial charge is 0.408 e. The van der Waals surface area contributed by atoms with Gasteiger partial charge in [-0.25, -0.2) is 4.79 Å². The molecule has 2 unspecified atom stereocenters. The van der Waals surface area contributed by atoms with Crippen LogP contribution in [0.1, 0.15) is 89.8 Å². The van der Waals surface area contributed by atoms with Gasteiger partial charge in [0.15, 0.2) is 0 Å². The summed E-state index contributed by atoms with van der Waals surface area (Å²) in [6.45, 7) is 11.5. The molecule has 9 nitrogen and oxygen atoms in total. The molecule has 204 valence electrons. The third-order valence-electron chi connectivity index (χ3n) is 6.21. The van der Waals surface area contributed by atoms with Crippen LogP contribution in [0.15, 0.2) is 30.8 Å². The lowest BCUT2D eigenvalue weighted by Crippen LogP contribution is -2.57. The molecule has 1 aliphatic rings. The van der Waals surface area contributed by atoms with Gasteiger partial charge in [0.05, 0.1) is 0 Å². The first-order valence-electron chi connectivity index (χ1n) is 13.1. The van der Waals surface area contributed by atoms with Crippen molar-refractivity contribution in [3.8, 4) is 0 Å². The molecule has 9 heteroatoms. The van der Waals surface area contributed by atoms with Gasteiger partial charge in [-0.05, 0) is 70.1 Å². The van der Waals surface area contributed by atoms with E-state index in [0.717, 1.165) is 37.7 Å². The summed E-state index contributed by atoms with van der Waals surface area (Å²) in [4.78, 5) is 53.5. The van der Waals surface area contributed by atoms with Crippen LogP contribution in [0.3, 0.4) is 0 Å². The predicted molar refractivity (Wildman–Crippen MR) is 143 cm³/mol. The topological polar surface area (TPSA) is 131 Å². The van der Waals surface area contributed by atoms with Gasteiger partial charge < -0.3 is 26.0 Å². The number of hydrogen-bond acceptors (Lipinski definition) is 5. The van der Waals surface area contributed by atoms with Gasteiger partial charge in [0, 0.05) is 19.0 Å². The van der Waals surface area contributed by atoms with Crippen molar-refractivity contribution in [1.29, 1.82) is 0 Å². The van der Waals surface area contributed by atoms with E-state index in [2.05, 4.69) is 17.2 Å². The molecular formula is C28H42N4O5. The summed E-state index contributed by atoms with van der Waals surface area (Å²) in [6.07, 6.45) is 4.92. The Hall–Kier alpha value is -3.36. The van der Waals surface area contributed by atoms with Gasteiger partial charge in [-0.15, -0.1) is 0 Å². The zero-order valence-electron chi connectivity index (χ0n) is 22.5. The number of nitrogens with one attached hydrogen (secondary N) is 2. The molecule has 0 saturated heterocycles. The molecular weight excluding hydrogens is 472 g/mol. The molecule has 0 spiro atoms. The number of unbranched alkanes of at least 4 members (excludes halogenated alkanes) is 1. The van der Waals surface area contributed by atoms with Gasteiger partial charge in [0.1, 0.15) is 17.7 Å². The average molecular weight is 515 g/mol. The second-order valence-corrected chi connectivity index (χ2v) is 10.5. The number of rotatable bonds is 13. The molecule has 1 aliphatic carbocycles. The zero-order chi connectivity index (χ0) is 27.6. The monoisotopic (exact) mass is 514 g/mol. The Morgan fingerprint density at radius 1 is 1.24 bits per heavy atom. The molecule has 0 heterocycles. The standard InChI is InChI=1S/C28H42N4O5/c1-6-8-17-30-25(34)24(20-12-9-11-19(7-2)18-20)32(21-13-10-14-21)26(35)22(15-16-23(29)33)31-27(36)37-28(3,4)5/h7,9,11-12,18,21-22,24H,2,6,8,10,13-17H2,1,3-5H3,(H2,29,33)(H,30,34)(H,31,36). The molecule has 1 saturated carbocycles. The van der Waals surface area contributed by atoms with E-state index in [1.165, 1.54) is 0 Å². The van der Waals surface area contributed by atoms with E-state index < -0.39 is 35.6 Å². The van der Waals surface area contributed by atoms with Crippen molar-refractivity contribution >= 4 is 29.9 Å². The molecule has 0 aromatic heterocycles. The first-order valence-corrected chi connectivity index (χ1v) is 13.1. The minimum atomic E-state index is -1.09. The number of benzene rings is 1. The molecule has 2 atom stereocenters. The van der Waals surface area contributed by atoms with Gasteiger partial charge in [-0.2, -0.15) is 0 Å². The molecule has 1 aromatic rings. The Balaban J connectivity index is 2.49. The summed E-state index contributed by atoms with van der Waals surface area (Å²) in [5.74, 6) is -1.33. The van der Waals surface area contributed by atoms with E-state index in [-0.39, 0.29) is 24.8 Å². The van der Waals surface area contributed by atoms with E-state index in [9.17, 15) is 19.2 Å². The Morgan fingerprint density at radius 3 is 2.49 bits per heavy atom. The SMILES string of the molecule is C=Cc1cccc(C(C(=O)NCCCC)N(C(=O)C(CCC(N)=O)NC(=O)OC(C)(C)C)C2CCC2)c1. The highest BCUT2D eigenvalue weighted by molar-refractivity contribution is 5.93. The van der Waals surface area contributed by atoms with Crippen LogP contribution in [-0.4, -0.2) is 52.9 Å². The van der Waals surface area contributed by atoms with Crippen LogP contribution in [0.25, 0.3) is 6.08 Å². The molecule has 0 radical (unpaired) electrons. The molecule has 2 rings (SSSR count). The zero-order valence-corrected chi connectivity index (χ0v) is 22.5. The van der Waals surface area contributed by atoms with Crippen LogP contribution in [0.2, 0.25) is 0 Å². The minimum absolute atomic E-state index is 0.00645. The van der Waals surface area contributed by atoms with Gasteiger partial charge in [-0.3, -0.25) is 14.4 Å². The summed E-state index contributed by atoms with van der Waals surface area (Å²) in [5, 5.41) is 5.60. The van der Waals surface area contributed by atoms with Gasteiger partial charge >= 0.3 is 6.09 Å². The number of carbonyl (C=O) groups is 4. The van der Waals surface area contributed by atoms with Crippen molar-refractivity contribution in [3.63, 3.8) is 0 Å². The van der Waals surface area contributed by atoms with Gasteiger partial charge in [0.2, 0.25) is 17.7 Å². The number of carbonyl (C=O) groups excluding carboxylic acids is 4. The fourth-order valence-electron chi connectivity index (χ4n) is 4.14. The third kappa shape index (κ3) is 9.22. The van der Waals surface area contributed by atoms with E-state index in [1.807, 2.05) is 31.2 Å². The highest BCUT2D eigenvalue weighted by Gasteiger charge is 2.42. The van der Waals surface area contributed by atoms with Crippen LogP contribution >= 0.6 is 0 Å². The van der Waals surface area contributed by atoms with E-state index >= 15 is 0 Å². The first kappa shape index (κ1) is 29.9. The van der Waals surface area contributed by atoms with Crippen molar-refractivity contribution < 1.29 is 23.9 Å². The molecule has 1 aromatic carbocycles. The summed E-state index contributed by atoms with van der Waals surface area (Å²) >= 11 is 0.